The number of thioether (sulfide) groups is 1. The highest BCUT2D eigenvalue weighted by molar-refractivity contribution is 14.1. The van der Waals surface area contributed by atoms with E-state index in [1.165, 1.54) is 22.0 Å². The molecule has 1 fully saturated rings. The van der Waals surface area contributed by atoms with Crippen molar-refractivity contribution in [1.29, 1.82) is 0 Å². The van der Waals surface area contributed by atoms with Gasteiger partial charge in [0.25, 0.3) is 0 Å². The quantitative estimate of drug-likeness (QED) is 0.777. The van der Waals surface area contributed by atoms with Gasteiger partial charge in [-0.25, -0.2) is 0 Å². The molecule has 1 aromatic carbocycles. The van der Waals surface area contributed by atoms with E-state index in [0.717, 1.165) is 18.1 Å². The van der Waals surface area contributed by atoms with Crippen LogP contribution in [0.5, 0.6) is 0 Å². The molecule has 1 unspecified atom stereocenters. The first kappa shape index (κ1) is 11.7. The number of hydrogen-bond acceptors (Lipinski definition) is 2. The lowest BCUT2D eigenvalue weighted by Gasteiger charge is -2.08. The number of halogens is 1. The lowest BCUT2D eigenvalue weighted by atomic mass is 10.2. The predicted octanol–water partition coefficient (Wildman–Crippen LogP) is 3.70. The first-order valence-corrected chi connectivity index (χ1v) is 7.52. The zero-order chi connectivity index (χ0) is 10.5. The van der Waals surface area contributed by atoms with Crippen molar-refractivity contribution in [1.82, 2.24) is 0 Å². The minimum absolute atomic E-state index is 0.513. The molecule has 1 nitrogen and oxygen atoms in total. The average molecular weight is 334 g/mol. The second kappa shape index (κ2) is 6.11. The molecule has 0 bridgehead atoms. The van der Waals surface area contributed by atoms with Crippen molar-refractivity contribution in [2.75, 3.05) is 12.4 Å². The lowest BCUT2D eigenvalue weighted by Crippen LogP contribution is -2.07. The van der Waals surface area contributed by atoms with Crippen molar-refractivity contribution in [3.63, 3.8) is 0 Å². The van der Waals surface area contributed by atoms with Crippen molar-refractivity contribution in [3.05, 3.63) is 33.4 Å². The summed E-state index contributed by atoms with van der Waals surface area (Å²) in [5.41, 5.74) is 1.42. The van der Waals surface area contributed by atoms with Crippen molar-refractivity contribution in [3.8, 4) is 0 Å². The van der Waals surface area contributed by atoms with Gasteiger partial charge in [0.2, 0.25) is 0 Å². The Morgan fingerprint density at radius 3 is 2.80 bits per heavy atom. The van der Waals surface area contributed by atoms with Gasteiger partial charge in [0.05, 0.1) is 6.10 Å². The largest absolute Gasteiger partial charge is 0.377 e. The minimum atomic E-state index is 0.513. The van der Waals surface area contributed by atoms with Gasteiger partial charge in [-0.2, -0.15) is 11.8 Å². The normalized spacial score (nSPS) is 20.7. The third-order valence-electron chi connectivity index (χ3n) is 2.51. The fraction of sp³-hybridized carbons (Fsp3) is 0.500. The predicted molar refractivity (Wildman–Crippen MR) is 74.3 cm³/mol. The molecule has 1 saturated heterocycles. The molecule has 1 atom stereocenters. The van der Waals surface area contributed by atoms with E-state index in [2.05, 4.69) is 46.9 Å². The van der Waals surface area contributed by atoms with Gasteiger partial charge in [-0.15, -0.1) is 0 Å². The van der Waals surface area contributed by atoms with Crippen molar-refractivity contribution >= 4 is 34.4 Å². The molecule has 0 N–H and O–H groups in total. The molecule has 0 aliphatic carbocycles. The summed E-state index contributed by atoms with van der Waals surface area (Å²) in [6, 6.07) is 8.76. The first-order valence-electron chi connectivity index (χ1n) is 5.28. The van der Waals surface area contributed by atoms with Crippen LogP contribution >= 0.6 is 34.4 Å². The van der Waals surface area contributed by atoms with Crippen LogP contribution in [0.1, 0.15) is 18.4 Å². The first-order chi connectivity index (χ1) is 7.34. The SMILES string of the molecule is Ic1ccc(CSCC2CCCO2)cc1. The maximum atomic E-state index is 5.59. The summed E-state index contributed by atoms with van der Waals surface area (Å²) in [6.07, 6.45) is 3.01. The zero-order valence-electron chi connectivity index (χ0n) is 8.62. The molecule has 0 radical (unpaired) electrons. The van der Waals surface area contributed by atoms with E-state index in [9.17, 15) is 0 Å². The molecule has 1 heterocycles. The number of rotatable bonds is 4. The van der Waals surface area contributed by atoms with Gasteiger partial charge in [-0.1, -0.05) is 12.1 Å². The Morgan fingerprint density at radius 2 is 2.13 bits per heavy atom. The Kier molecular flexibility index (Phi) is 4.78. The zero-order valence-corrected chi connectivity index (χ0v) is 11.6. The molecule has 82 valence electrons. The van der Waals surface area contributed by atoms with Crippen LogP contribution < -0.4 is 0 Å². The van der Waals surface area contributed by atoms with Crippen LogP contribution in [0.3, 0.4) is 0 Å². The Hall–Kier alpha value is 0.260. The number of benzene rings is 1. The van der Waals surface area contributed by atoms with Crippen LogP contribution in [0.4, 0.5) is 0 Å². The minimum Gasteiger partial charge on any atom is -0.377 e. The van der Waals surface area contributed by atoms with Crippen LogP contribution in [-0.4, -0.2) is 18.5 Å². The van der Waals surface area contributed by atoms with Gasteiger partial charge >= 0.3 is 0 Å². The van der Waals surface area contributed by atoms with Crippen molar-refractivity contribution in [2.45, 2.75) is 24.7 Å². The Balaban J connectivity index is 1.71. The molecule has 15 heavy (non-hydrogen) atoms. The van der Waals surface area contributed by atoms with Crippen LogP contribution in [0.25, 0.3) is 0 Å². The smallest absolute Gasteiger partial charge is 0.0666 e. The molecule has 3 heteroatoms. The third kappa shape index (κ3) is 3.96. The summed E-state index contributed by atoms with van der Waals surface area (Å²) < 4.78 is 6.89. The summed E-state index contributed by atoms with van der Waals surface area (Å²) in [5, 5.41) is 0. The van der Waals surface area contributed by atoms with Crippen LogP contribution in [0.2, 0.25) is 0 Å². The fourth-order valence-electron chi connectivity index (χ4n) is 1.66. The van der Waals surface area contributed by atoms with Crippen molar-refractivity contribution < 1.29 is 4.74 Å². The number of ether oxygens (including phenoxy) is 1. The Morgan fingerprint density at radius 1 is 1.33 bits per heavy atom. The maximum Gasteiger partial charge on any atom is 0.0666 e. The van der Waals surface area contributed by atoms with E-state index < -0.39 is 0 Å². The molecule has 2 rings (SSSR count). The van der Waals surface area contributed by atoms with Crippen molar-refractivity contribution in [2.24, 2.45) is 0 Å². The summed E-state index contributed by atoms with van der Waals surface area (Å²) in [7, 11) is 0. The summed E-state index contributed by atoms with van der Waals surface area (Å²) in [4.78, 5) is 0. The topological polar surface area (TPSA) is 9.23 Å². The molecule has 0 aromatic heterocycles. The van der Waals surface area contributed by atoms with Gasteiger partial charge in [0.1, 0.15) is 0 Å². The van der Waals surface area contributed by atoms with Gasteiger partial charge in [0, 0.05) is 21.7 Å². The van der Waals surface area contributed by atoms with E-state index in [0.29, 0.717) is 6.10 Å². The third-order valence-corrected chi connectivity index (χ3v) is 4.37. The van der Waals surface area contributed by atoms with Crippen LogP contribution in [0.15, 0.2) is 24.3 Å². The molecule has 1 aliphatic rings. The van der Waals surface area contributed by atoms with Crippen LogP contribution in [-0.2, 0) is 10.5 Å². The average Bonchev–Trinajstić information content (AvgIpc) is 2.74. The van der Waals surface area contributed by atoms with E-state index in [1.54, 1.807) is 0 Å². The molecule has 1 aromatic rings. The second-order valence-electron chi connectivity index (χ2n) is 3.78. The lowest BCUT2D eigenvalue weighted by molar-refractivity contribution is 0.129. The Labute approximate surface area is 109 Å². The van der Waals surface area contributed by atoms with E-state index in [-0.39, 0.29) is 0 Å². The molecule has 0 saturated carbocycles. The van der Waals surface area contributed by atoms with Gasteiger partial charge < -0.3 is 4.74 Å². The van der Waals surface area contributed by atoms with Gasteiger partial charge in [-0.3, -0.25) is 0 Å². The van der Waals surface area contributed by atoms with E-state index in [1.807, 2.05) is 11.8 Å². The number of hydrogen-bond donors (Lipinski definition) is 0. The molecule has 0 spiro atoms. The standard InChI is InChI=1S/C12H15IOS/c13-11-5-3-10(4-6-11)8-15-9-12-2-1-7-14-12/h3-6,12H,1-2,7-9H2. The summed E-state index contributed by atoms with van der Waals surface area (Å²) in [6.45, 7) is 0.967. The summed E-state index contributed by atoms with van der Waals surface area (Å²) in [5.74, 6) is 2.25. The summed E-state index contributed by atoms with van der Waals surface area (Å²) >= 11 is 4.32. The molecular formula is C12H15IOS. The van der Waals surface area contributed by atoms with Gasteiger partial charge in [-0.05, 0) is 53.1 Å². The monoisotopic (exact) mass is 334 g/mol. The molecular weight excluding hydrogens is 319 g/mol. The van der Waals surface area contributed by atoms with E-state index >= 15 is 0 Å². The highest BCUT2D eigenvalue weighted by Gasteiger charge is 2.14. The highest BCUT2D eigenvalue weighted by Crippen LogP contribution is 2.20. The highest BCUT2D eigenvalue weighted by atomic mass is 127. The second-order valence-corrected chi connectivity index (χ2v) is 6.05. The van der Waals surface area contributed by atoms with Crippen LogP contribution in [0, 0.1) is 3.57 Å². The van der Waals surface area contributed by atoms with E-state index in [4.69, 9.17) is 4.74 Å². The molecule has 0 amide bonds. The Bertz CT molecular complexity index is 293. The molecule has 1 aliphatic heterocycles. The fourth-order valence-corrected chi connectivity index (χ4v) is 3.10. The maximum absolute atomic E-state index is 5.59. The van der Waals surface area contributed by atoms with Gasteiger partial charge in [0.15, 0.2) is 0 Å².